The Hall–Kier alpha value is -4.92. The van der Waals surface area contributed by atoms with Crippen LogP contribution >= 0.6 is 0 Å². The topological polar surface area (TPSA) is 190 Å². The predicted molar refractivity (Wildman–Crippen MR) is 165 cm³/mol. The number of hydrogen-bond donors (Lipinski definition) is 3. The highest BCUT2D eigenvalue weighted by atomic mass is 16.6. The van der Waals surface area contributed by atoms with Gasteiger partial charge in [0, 0.05) is 33.1 Å². The third-order valence-corrected chi connectivity index (χ3v) is 8.19. The van der Waals surface area contributed by atoms with Crippen molar-refractivity contribution in [1.29, 1.82) is 0 Å². The van der Waals surface area contributed by atoms with Crippen LogP contribution < -0.4 is 29.7 Å². The van der Waals surface area contributed by atoms with E-state index in [1.54, 1.807) is 23.8 Å². The molecule has 0 aromatic heterocycles. The summed E-state index contributed by atoms with van der Waals surface area (Å²) in [6, 6.07) is 4.45. The van der Waals surface area contributed by atoms with E-state index in [0.29, 0.717) is 31.4 Å². The fourth-order valence-corrected chi connectivity index (χ4v) is 5.70. The van der Waals surface area contributed by atoms with Gasteiger partial charge in [0.25, 0.3) is 11.6 Å². The van der Waals surface area contributed by atoms with Crippen molar-refractivity contribution in [3.63, 3.8) is 0 Å². The van der Waals surface area contributed by atoms with Crippen LogP contribution in [0.2, 0.25) is 0 Å². The van der Waals surface area contributed by atoms with Gasteiger partial charge in [-0.15, -0.1) is 0 Å². The van der Waals surface area contributed by atoms with Gasteiger partial charge in [0.2, 0.25) is 11.8 Å². The van der Waals surface area contributed by atoms with E-state index >= 15 is 0 Å². The summed E-state index contributed by atoms with van der Waals surface area (Å²) in [6.07, 6.45) is 1.54. The van der Waals surface area contributed by atoms with Crippen molar-refractivity contribution < 1.29 is 43.4 Å². The Labute approximate surface area is 265 Å². The summed E-state index contributed by atoms with van der Waals surface area (Å²) in [5.74, 6) is -0.387. The number of rotatable bonds is 14. The molecule has 2 aromatic rings. The van der Waals surface area contributed by atoms with E-state index in [1.807, 2.05) is 0 Å². The summed E-state index contributed by atoms with van der Waals surface area (Å²) in [5.41, 5.74) is 0.720. The van der Waals surface area contributed by atoms with Crippen molar-refractivity contribution >= 4 is 35.4 Å². The highest BCUT2D eigenvalue weighted by Gasteiger charge is 2.41. The molecule has 3 amide bonds. The van der Waals surface area contributed by atoms with Gasteiger partial charge in [-0.2, -0.15) is 0 Å². The van der Waals surface area contributed by atoms with Gasteiger partial charge in [-0.1, -0.05) is 0 Å². The van der Waals surface area contributed by atoms with Crippen LogP contribution in [0.25, 0.3) is 0 Å². The molecule has 1 saturated heterocycles. The van der Waals surface area contributed by atoms with Crippen molar-refractivity contribution in [3.05, 3.63) is 51.1 Å². The zero-order valence-electron chi connectivity index (χ0n) is 26.2. The molecule has 0 aliphatic carbocycles. The molecule has 2 aliphatic rings. The minimum absolute atomic E-state index is 0.125. The maximum atomic E-state index is 13.2. The smallest absolute Gasteiger partial charge is 0.278 e. The lowest BCUT2D eigenvalue weighted by Gasteiger charge is -2.31. The number of hydrogen-bond acceptors (Lipinski definition) is 11. The number of nitro benzene ring substituents is 1. The number of fused-ring (bicyclic) bond motifs is 2. The first kappa shape index (κ1) is 34.0. The number of nitrogens with zero attached hydrogens (tertiary/aromatic N) is 3. The fraction of sp³-hybridized carbons (Fsp3) is 0.484. The number of benzene rings is 2. The lowest BCUT2D eigenvalue weighted by atomic mass is 10.0. The van der Waals surface area contributed by atoms with Gasteiger partial charge in [-0.3, -0.25) is 29.3 Å². The molecule has 0 spiro atoms. The van der Waals surface area contributed by atoms with E-state index in [4.69, 9.17) is 14.2 Å². The molecule has 0 radical (unpaired) electrons. The Bertz CT molecular complexity index is 1500. The normalized spacial score (nSPS) is 17.7. The van der Waals surface area contributed by atoms with Crippen molar-refractivity contribution in [2.75, 3.05) is 45.9 Å². The van der Waals surface area contributed by atoms with Gasteiger partial charge in [-0.25, -0.2) is 0 Å². The number of carbonyl (C=O) groups is 4. The van der Waals surface area contributed by atoms with Gasteiger partial charge in [0.05, 0.1) is 72.2 Å². The lowest BCUT2D eigenvalue weighted by Crippen LogP contribution is -2.47. The zero-order chi connectivity index (χ0) is 33.5. The second-order valence-corrected chi connectivity index (χ2v) is 11.1. The molecule has 15 nitrogen and oxygen atoms in total. The lowest BCUT2D eigenvalue weighted by molar-refractivity contribution is -0.385. The standard InChI is InChI=1S/C31H39N5O10/c1-18(20-14-26(44-4)27(16-24(20)36(42)43)45-11-6-8-28(38)32-2)33-29(39)9-12-46-25-15-23-21(13-19(25)17-37)30(40)35-10-5-7-22(35)31(41)34(23)3/h13-18,22,31,41H,5-12H2,1-4H3,(H,32,38)(H,33,39)/t18?,22-,31-/m0/s1. The molecule has 4 rings (SSSR count). The van der Waals surface area contributed by atoms with Crippen LogP contribution in [0.5, 0.6) is 17.2 Å². The maximum absolute atomic E-state index is 13.2. The SMILES string of the molecule is CNC(=O)CCCOc1cc([N+](=O)[O-])c(C(C)NC(=O)CCOc2cc3c(cc2C=O)C(=O)N2CCC[C@H]2[C@H](O)N3C)cc1OC. The van der Waals surface area contributed by atoms with Crippen molar-refractivity contribution in [3.8, 4) is 17.2 Å². The van der Waals surface area contributed by atoms with Crippen LogP contribution in [0.4, 0.5) is 11.4 Å². The number of carbonyl (C=O) groups excluding carboxylic acids is 4. The molecule has 46 heavy (non-hydrogen) atoms. The Balaban J connectivity index is 1.42. The quantitative estimate of drug-likeness (QED) is 0.119. The predicted octanol–water partition coefficient (Wildman–Crippen LogP) is 2.34. The maximum Gasteiger partial charge on any atom is 0.278 e. The average Bonchev–Trinajstić information content (AvgIpc) is 3.52. The summed E-state index contributed by atoms with van der Waals surface area (Å²) in [7, 11) is 4.58. The second-order valence-electron chi connectivity index (χ2n) is 11.1. The largest absolute Gasteiger partial charge is 0.493 e. The molecule has 15 heteroatoms. The number of nitrogens with one attached hydrogen (secondary N) is 2. The van der Waals surface area contributed by atoms with Crippen molar-refractivity contribution in [2.45, 2.75) is 57.3 Å². The first-order valence-corrected chi connectivity index (χ1v) is 15.0. The number of aldehydes is 1. The zero-order valence-corrected chi connectivity index (χ0v) is 26.2. The molecule has 3 N–H and O–H groups in total. The third kappa shape index (κ3) is 7.30. The monoisotopic (exact) mass is 641 g/mol. The van der Waals surface area contributed by atoms with Crippen molar-refractivity contribution in [1.82, 2.24) is 15.5 Å². The third-order valence-electron chi connectivity index (χ3n) is 8.19. The first-order valence-electron chi connectivity index (χ1n) is 15.0. The number of nitro groups is 1. The Morgan fingerprint density at radius 1 is 1.13 bits per heavy atom. The molecular weight excluding hydrogens is 602 g/mol. The highest BCUT2D eigenvalue weighted by Crippen LogP contribution is 2.39. The van der Waals surface area contributed by atoms with Crippen LogP contribution in [0.3, 0.4) is 0 Å². The summed E-state index contributed by atoms with van der Waals surface area (Å²) in [5, 5.41) is 28.0. The summed E-state index contributed by atoms with van der Waals surface area (Å²) in [6.45, 7) is 2.10. The van der Waals surface area contributed by atoms with E-state index < -0.39 is 23.1 Å². The summed E-state index contributed by atoms with van der Waals surface area (Å²) in [4.78, 5) is 64.0. The molecule has 0 saturated carbocycles. The molecule has 2 aliphatic heterocycles. The van der Waals surface area contributed by atoms with Crippen LogP contribution in [0, 0.1) is 10.1 Å². The Morgan fingerprint density at radius 3 is 2.54 bits per heavy atom. The van der Waals surface area contributed by atoms with Crippen LogP contribution in [0.1, 0.15) is 71.3 Å². The van der Waals surface area contributed by atoms with Gasteiger partial charge in [0.15, 0.2) is 17.8 Å². The van der Waals surface area contributed by atoms with E-state index in [-0.39, 0.29) is 83.5 Å². The van der Waals surface area contributed by atoms with E-state index in [2.05, 4.69) is 10.6 Å². The first-order chi connectivity index (χ1) is 22.0. The number of aliphatic hydroxyl groups excluding tert-OH is 1. The van der Waals surface area contributed by atoms with Crippen LogP contribution in [-0.4, -0.2) is 92.2 Å². The van der Waals surface area contributed by atoms with Crippen LogP contribution in [-0.2, 0) is 9.59 Å². The molecular formula is C31H39N5O10. The Kier molecular flexibility index (Phi) is 11.0. The number of ether oxygens (including phenoxy) is 3. The number of methoxy groups -OCH3 is 1. The Morgan fingerprint density at radius 2 is 1.87 bits per heavy atom. The number of likely N-dealkylation sites (N-methyl/N-ethyl adjacent to an activating group) is 1. The minimum Gasteiger partial charge on any atom is -0.493 e. The summed E-state index contributed by atoms with van der Waals surface area (Å²) >= 11 is 0. The number of aliphatic hydroxyl groups is 1. The van der Waals surface area contributed by atoms with E-state index in [0.717, 1.165) is 6.42 Å². The molecule has 2 aromatic carbocycles. The van der Waals surface area contributed by atoms with Gasteiger partial charge < -0.3 is 39.8 Å². The van der Waals surface area contributed by atoms with E-state index in [1.165, 1.54) is 38.4 Å². The van der Waals surface area contributed by atoms with Crippen LogP contribution in [0.15, 0.2) is 24.3 Å². The van der Waals surface area contributed by atoms with Gasteiger partial charge in [0.1, 0.15) is 12.0 Å². The molecule has 1 unspecified atom stereocenters. The number of anilines is 1. The molecule has 1 fully saturated rings. The van der Waals surface area contributed by atoms with Crippen molar-refractivity contribution in [2.24, 2.45) is 0 Å². The summed E-state index contributed by atoms with van der Waals surface area (Å²) < 4.78 is 16.8. The van der Waals surface area contributed by atoms with E-state index in [9.17, 15) is 34.4 Å². The highest BCUT2D eigenvalue weighted by molar-refractivity contribution is 6.03. The minimum atomic E-state index is -0.938. The molecule has 0 bridgehead atoms. The molecule has 248 valence electrons. The number of amides is 3. The molecule has 3 atom stereocenters. The van der Waals surface area contributed by atoms with Gasteiger partial charge >= 0.3 is 0 Å². The molecule has 2 heterocycles. The second kappa shape index (κ2) is 14.9. The van der Waals surface area contributed by atoms with Gasteiger partial charge in [-0.05, 0) is 38.3 Å². The fourth-order valence-electron chi connectivity index (χ4n) is 5.70. The average molecular weight is 642 g/mol.